The predicted octanol–water partition coefficient (Wildman–Crippen LogP) is 0.979. The summed E-state index contributed by atoms with van der Waals surface area (Å²) in [5, 5.41) is 9.50. The Morgan fingerprint density at radius 2 is 2.08 bits per heavy atom. The minimum absolute atomic E-state index is 0.0817. The molecule has 0 spiro atoms. The van der Waals surface area contributed by atoms with Gasteiger partial charge in [0.15, 0.2) is 0 Å². The van der Waals surface area contributed by atoms with Crippen molar-refractivity contribution in [3.8, 4) is 0 Å². The summed E-state index contributed by atoms with van der Waals surface area (Å²) in [5.74, 6) is 0.0817. The molecule has 1 atom stereocenters. The smallest absolute Gasteiger partial charge is 0.216 e. The molecule has 0 aliphatic carbocycles. The van der Waals surface area contributed by atoms with Crippen molar-refractivity contribution in [1.82, 2.24) is 4.90 Å². The number of rotatable bonds is 3. The van der Waals surface area contributed by atoms with E-state index >= 15 is 0 Å². The van der Waals surface area contributed by atoms with Crippen LogP contribution in [-0.4, -0.2) is 41.8 Å². The Hall–Kier alpha value is -0.190. The van der Waals surface area contributed by atoms with Gasteiger partial charge >= 0.3 is 0 Å². The van der Waals surface area contributed by atoms with Crippen LogP contribution in [0.3, 0.4) is 0 Å². The van der Waals surface area contributed by atoms with E-state index in [0.717, 1.165) is 0 Å². The number of halogens is 1. The van der Waals surface area contributed by atoms with Crippen LogP contribution < -0.4 is 0 Å². The van der Waals surface area contributed by atoms with E-state index in [2.05, 4.69) is 0 Å². The van der Waals surface area contributed by atoms with Gasteiger partial charge in [0.1, 0.15) is 0 Å². The average molecular weight is 191 g/mol. The van der Waals surface area contributed by atoms with Crippen LogP contribution >= 0.6 is 0 Å². The molecule has 0 saturated carbocycles. The highest BCUT2D eigenvalue weighted by molar-refractivity contribution is 4.79. The van der Waals surface area contributed by atoms with E-state index in [4.69, 9.17) is 4.74 Å². The third kappa shape index (κ3) is 3.21. The summed E-state index contributed by atoms with van der Waals surface area (Å²) in [4.78, 5) is 1.72. The number of hydrogen-bond acceptors (Lipinski definition) is 3. The molecule has 3 nitrogen and oxygen atoms in total. The first-order chi connectivity index (χ1) is 5.92. The van der Waals surface area contributed by atoms with Crippen LogP contribution in [0.1, 0.15) is 20.8 Å². The summed E-state index contributed by atoms with van der Waals surface area (Å²) in [5.41, 5.74) is -0.361. The van der Waals surface area contributed by atoms with Crippen LogP contribution in [0.25, 0.3) is 0 Å². The first-order valence-corrected chi connectivity index (χ1v) is 4.58. The van der Waals surface area contributed by atoms with E-state index < -0.39 is 6.41 Å². The number of aliphatic hydroxyl groups excluding tert-OH is 1. The highest BCUT2D eigenvalue weighted by Crippen LogP contribution is 2.21. The summed E-state index contributed by atoms with van der Waals surface area (Å²) in [7, 11) is 0. The molecule has 0 amide bonds. The molecule has 1 aliphatic rings. The number of likely N-dealkylation sites (tertiary alicyclic amines) is 1. The van der Waals surface area contributed by atoms with Crippen molar-refractivity contribution in [2.45, 2.75) is 32.8 Å². The number of alkyl halides is 1. The van der Waals surface area contributed by atoms with Gasteiger partial charge in [0.2, 0.25) is 6.41 Å². The second kappa shape index (κ2) is 3.90. The fraction of sp³-hybridized carbons (Fsp3) is 1.00. The zero-order valence-corrected chi connectivity index (χ0v) is 8.46. The van der Waals surface area contributed by atoms with Gasteiger partial charge in [-0.15, -0.1) is 0 Å². The van der Waals surface area contributed by atoms with Crippen molar-refractivity contribution in [3.05, 3.63) is 0 Å². The molecule has 0 aromatic carbocycles. The molecule has 0 aromatic heterocycles. The molecule has 1 saturated heterocycles. The molecular weight excluding hydrogens is 173 g/mol. The summed E-state index contributed by atoms with van der Waals surface area (Å²) < 4.78 is 17.4. The number of nitrogens with zero attached hydrogens (tertiary/aromatic N) is 1. The van der Waals surface area contributed by atoms with E-state index in [9.17, 15) is 9.50 Å². The Kier molecular flexibility index (Phi) is 3.27. The first-order valence-electron chi connectivity index (χ1n) is 4.58. The first kappa shape index (κ1) is 10.9. The summed E-state index contributed by atoms with van der Waals surface area (Å²) in [6, 6.07) is 0. The third-order valence-electron chi connectivity index (χ3n) is 1.97. The molecule has 0 radical (unpaired) electrons. The summed E-state index contributed by atoms with van der Waals surface area (Å²) in [6.45, 7) is 6.51. The minimum atomic E-state index is -0.886. The van der Waals surface area contributed by atoms with Crippen LogP contribution in [0.5, 0.6) is 0 Å². The highest BCUT2D eigenvalue weighted by Gasteiger charge is 2.33. The lowest BCUT2D eigenvalue weighted by atomic mass is 10.0. The fourth-order valence-electron chi connectivity index (χ4n) is 1.28. The van der Waals surface area contributed by atoms with Gasteiger partial charge in [-0.1, -0.05) is 0 Å². The topological polar surface area (TPSA) is 32.7 Å². The summed E-state index contributed by atoms with van der Waals surface area (Å²) >= 11 is 0. The van der Waals surface area contributed by atoms with Crippen molar-refractivity contribution in [2.75, 3.05) is 19.8 Å². The van der Waals surface area contributed by atoms with E-state index in [1.807, 2.05) is 20.8 Å². The van der Waals surface area contributed by atoms with Gasteiger partial charge in [-0.05, 0) is 20.8 Å². The maximum absolute atomic E-state index is 12.1. The van der Waals surface area contributed by atoms with Gasteiger partial charge < -0.3 is 9.84 Å². The van der Waals surface area contributed by atoms with E-state index in [0.29, 0.717) is 13.1 Å². The Morgan fingerprint density at radius 1 is 1.54 bits per heavy atom. The van der Waals surface area contributed by atoms with Gasteiger partial charge in [-0.2, -0.15) is 0 Å². The predicted molar refractivity (Wildman–Crippen MR) is 47.9 cm³/mol. The Bertz CT molecular complexity index is 163. The van der Waals surface area contributed by atoms with Crippen molar-refractivity contribution >= 4 is 0 Å². The quantitative estimate of drug-likeness (QED) is 0.675. The third-order valence-corrected chi connectivity index (χ3v) is 1.97. The molecule has 0 bridgehead atoms. The van der Waals surface area contributed by atoms with Crippen molar-refractivity contribution < 1.29 is 14.2 Å². The van der Waals surface area contributed by atoms with E-state index in [-0.39, 0.29) is 18.2 Å². The summed E-state index contributed by atoms with van der Waals surface area (Å²) in [6.07, 6.45) is -0.886. The molecule has 13 heavy (non-hydrogen) atoms. The lowest BCUT2D eigenvalue weighted by Crippen LogP contribution is -2.55. The second-order valence-corrected chi connectivity index (χ2v) is 4.53. The minimum Gasteiger partial charge on any atom is -0.356 e. The highest BCUT2D eigenvalue weighted by atomic mass is 19.1. The van der Waals surface area contributed by atoms with E-state index in [1.54, 1.807) is 4.90 Å². The lowest BCUT2D eigenvalue weighted by molar-refractivity contribution is -0.261. The fourth-order valence-corrected chi connectivity index (χ4v) is 1.28. The molecule has 1 fully saturated rings. The zero-order valence-electron chi connectivity index (χ0n) is 8.46. The average Bonchev–Trinajstić information content (AvgIpc) is 1.79. The van der Waals surface area contributed by atoms with Crippen LogP contribution in [-0.2, 0) is 4.74 Å². The monoisotopic (exact) mass is 191 g/mol. The van der Waals surface area contributed by atoms with Gasteiger partial charge in [0, 0.05) is 19.0 Å². The maximum Gasteiger partial charge on any atom is 0.216 e. The molecule has 0 aromatic rings. The Labute approximate surface area is 78.5 Å². The maximum atomic E-state index is 12.1. The largest absolute Gasteiger partial charge is 0.356 e. The molecule has 4 heteroatoms. The number of aliphatic hydroxyl groups is 1. The van der Waals surface area contributed by atoms with Crippen LogP contribution in [0.2, 0.25) is 0 Å². The van der Waals surface area contributed by atoms with Crippen molar-refractivity contribution in [3.63, 3.8) is 0 Å². The molecule has 78 valence electrons. The lowest BCUT2D eigenvalue weighted by Gasteiger charge is -2.42. The molecule has 1 unspecified atom stereocenters. The Balaban J connectivity index is 2.23. The molecule has 1 aliphatic heterocycles. The molecule has 1 rings (SSSR count). The number of hydrogen-bond donors (Lipinski definition) is 1. The standard InChI is InChI=1S/C9H18FNO2/c1-9(2,3)13-8(12)11-5-7(4-10)6-11/h7-8,12H,4-6H2,1-3H3. The van der Waals surface area contributed by atoms with Crippen LogP contribution in [0, 0.1) is 5.92 Å². The SMILES string of the molecule is CC(C)(C)OC(O)N1CC(CF)C1. The van der Waals surface area contributed by atoms with Gasteiger partial charge in [-0.3, -0.25) is 9.29 Å². The van der Waals surface area contributed by atoms with E-state index in [1.165, 1.54) is 0 Å². The molecular formula is C9H18FNO2. The van der Waals surface area contributed by atoms with Crippen molar-refractivity contribution in [1.29, 1.82) is 0 Å². The zero-order chi connectivity index (χ0) is 10.1. The number of ether oxygens (including phenoxy) is 1. The normalized spacial score (nSPS) is 22.8. The molecule has 1 N–H and O–H groups in total. The van der Waals surface area contributed by atoms with Gasteiger partial charge in [0.05, 0.1) is 12.3 Å². The van der Waals surface area contributed by atoms with Crippen LogP contribution in [0.15, 0.2) is 0 Å². The van der Waals surface area contributed by atoms with Gasteiger partial charge in [0.25, 0.3) is 0 Å². The second-order valence-electron chi connectivity index (χ2n) is 4.53. The van der Waals surface area contributed by atoms with Crippen molar-refractivity contribution in [2.24, 2.45) is 5.92 Å². The Morgan fingerprint density at radius 3 is 2.46 bits per heavy atom. The van der Waals surface area contributed by atoms with Gasteiger partial charge in [-0.25, -0.2) is 0 Å². The molecule has 1 heterocycles. The van der Waals surface area contributed by atoms with Crippen LogP contribution in [0.4, 0.5) is 4.39 Å².